The molecule has 0 aliphatic heterocycles. The second-order valence-electron chi connectivity index (χ2n) is 4.65. The molecule has 3 nitrogen and oxygen atoms in total. The van der Waals surface area contributed by atoms with Gasteiger partial charge in [-0.1, -0.05) is 24.3 Å². The molecule has 1 heterocycles. The number of carbonyl (C=O) groups is 1. The molecular weight excluding hydrogens is 248 g/mol. The van der Waals surface area contributed by atoms with Crippen LogP contribution in [0.5, 0.6) is 0 Å². The summed E-state index contributed by atoms with van der Waals surface area (Å²) in [5, 5.41) is 9.89. The van der Waals surface area contributed by atoms with Crippen LogP contribution in [0.15, 0.2) is 54.7 Å². The van der Waals surface area contributed by atoms with Crippen molar-refractivity contribution >= 4 is 17.2 Å². The SMILES string of the molecule is N#Cc1cccc(Cn2ccc3c(C=O)cccc32)c1. The molecule has 0 atom stereocenters. The highest BCUT2D eigenvalue weighted by Crippen LogP contribution is 2.20. The third kappa shape index (κ3) is 2.08. The van der Waals surface area contributed by atoms with Crippen molar-refractivity contribution in [3.8, 4) is 6.07 Å². The van der Waals surface area contributed by atoms with Crippen LogP contribution in [0, 0.1) is 11.3 Å². The van der Waals surface area contributed by atoms with Gasteiger partial charge in [-0.05, 0) is 29.8 Å². The molecule has 3 aromatic rings. The number of nitrogens with zero attached hydrogens (tertiary/aromatic N) is 2. The predicted molar refractivity (Wildman–Crippen MR) is 77.6 cm³/mol. The van der Waals surface area contributed by atoms with Crippen molar-refractivity contribution in [2.24, 2.45) is 0 Å². The molecule has 0 saturated carbocycles. The van der Waals surface area contributed by atoms with E-state index in [2.05, 4.69) is 10.6 Å². The Morgan fingerprint density at radius 1 is 1.15 bits per heavy atom. The minimum Gasteiger partial charge on any atom is -0.343 e. The maximum absolute atomic E-state index is 11.0. The highest BCUT2D eigenvalue weighted by Gasteiger charge is 2.05. The van der Waals surface area contributed by atoms with Gasteiger partial charge in [0.1, 0.15) is 0 Å². The van der Waals surface area contributed by atoms with E-state index in [0.717, 1.165) is 22.8 Å². The molecule has 0 spiro atoms. The number of carbonyl (C=O) groups excluding carboxylic acids is 1. The van der Waals surface area contributed by atoms with Crippen LogP contribution in [0.3, 0.4) is 0 Å². The summed E-state index contributed by atoms with van der Waals surface area (Å²) in [6.45, 7) is 0.682. The molecule has 3 heteroatoms. The lowest BCUT2D eigenvalue weighted by Crippen LogP contribution is -1.98. The van der Waals surface area contributed by atoms with Gasteiger partial charge in [-0.3, -0.25) is 4.79 Å². The highest BCUT2D eigenvalue weighted by atomic mass is 16.1. The lowest BCUT2D eigenvalue weighted by molar-refractivity contribution is 0.112. The van der Waals surface area contributed by atoms with Crippen LogP contribution in [0.1, 0.15) is 21.5 Å². The number of nitriles is 1. The maximum atomic E-state index is 11.0. The molecule has 1 aromatic heterocycles. The molecule has 0 fully saturated rings. The average Bonchev–Trinajstić information content (AvgIpc) is 2.90. The van der Waals surface area contributed by atoms with Gasteiger partial charge in [-0.2, -0.15) is 5.26 Å². The van der Waals surface area contributed by atoms with E-state index >= 15 is 0 Å². The first-order valence-corrected chi connectivity index (χ1v) is 6.34. The molecule has 2 aromatic carbocycles. The van der Waals surface area contributed by atoms with E-state index in [-0.39, 0.29) is 0 Å². The molecule has 0 N–H and O–H groups in total. The van der Waals surface area contributed by atoms with Crippen molar-refractivity contribution in [2.45, 2.75) is 6.54 Å². The van der Waals surface area contributed by atoms with E-state index in [1.54, 1.807) is 6.07 Å². The summed E-state index contributed by atoms with van der Waals surface area (Å²) in [5.41, 5.74) is 3.45. The van der Waals surface area contributed by atoms with Gasteiger partial charge in [0.25, 0.3) is 0 Å². The molecule has 0 aliphatic rings. The van der Waals surface area contributed by atoms with Gasteiger partial charge < -0.3 is 4.57 Å². The van der Waals surface area contributed by atoms with E-state index in [0.29, 0.717) is 17.7 Å². The summed E-state index contributed by atoms with van der Waals surface area (Å²) < 4.78 is 2.08. The molecule has 3 rings (SSSR count). The van der Waals surface area contributed by atoms with Crippen molar-refractivity contribution in [1.29, 1.82) is 5.26 Å². The summed E-state index contributed by atoms with van der Waals surface area (Å²) in [6.07, 6.45) is 2.85. The van der Waals surface area contributed by atoms with Crippen molar-refractivity contribution in [1.82, 2.24) is 4.57 Å². The minimum absolute atomic E-state index is 0.660. The molecular formula is C17H12N2O. The molecule has 0 saturated heterocycles. The molecule has 0 unspecified atom stereocenters. The Hall–Kier alpha value is -2.86. The quantitative estimate of drug-likeness (QED) is 0.678. The van der Waals surface area contributed by atoms with Crippen LogP contribution in [-0.4, -0.2) is 10.9 Å². The Kier molecular flexibility index (Phi) is 3.06. The predicted octanol–water partition coefficient (Wildman–Crippen LogP) is 3.37. The Bertz CT molecular complexity index is 824. The molecule has 0 radical (unpaired) electrons. The monoisotopic (exact) mass is 260 g/mol. The third-order valence-corrected chi connectivity index (χ3v) is 3.38. The lowest BCUT2D eigenvalue weighted by atomic mass is 10.1. The van der Waals surface area contributed by atoms with E-state index in [1.165, 1.54) is 0 Å². The van der Waals surface area contributed by atoms with Gasteiger partial charge >= 0.3 is 0 Å². The smallest absolute Gasteiger partial charge is 0.150 e. The number of rotatable bonds is 3. The Balaban J connectivity index is 2.03. The normalized spacial score (nSPS) is 10.3. The Morgan fingerprint density at radius 3 is 2.80 bits per heavy atom. The standard InChI is InChI=1S/C17H12N2O/c18-10-13-3-1-4-14(9-13)11-19-8-7-16-15(12-20)5-2-6-17(16)19/h1-9,12H,11H2. The molecule has 96 valence electrons. The Labute approximate surface area is 116 Å². The van der Waals surface area contributed by atoms with Crippen LogP contribution in [-0.2, 0) is 6.54 Å². The van der Waals surface area contributed by atoms with Crippen LogP contribution >= 0.6 is 0 Å². The zero-order valence-electron chi connectivity index (χ0n) is 10.8. The van der Waals surface area contributed by atoms with Crippen molar-refractivity contribution < 1.29 is 4.79 Å². The lowest BCUT2D eigenvalue weighted by Gasteiger charge is -2.06. The summed E-state index contributed by atoms with van der Waals surface area (Å²) in [5.74, 6) is 0. The number of aromatic nitrogens is 1. The minimum atomic E-state index is 0.660. The van der Waals surface area contributed by atoms with Gasteiger partial charge in [0.15, 0.2) is 6.29 Å². The molecule has 0 bridgehead atoms. The van der Waals surface area contributed by atoms with Crippen molar-refractivity contribution in [3.05, 3.63) is 71.4 Å². The highest BCUT2D eigenvalue weighted by molar-refractivity contribution is 5.97. The van der Waals surface area contributed by atoms with Gasteiger partial charge in [-0.15, -0.1) is 0 Å². The van der Waals surface area contributed by atoms with E-state index in [9.17, 15) is 4.79 Å². The van der Waals surface area contributed by atoms with Crippen LogP contribution in [0.25, 0.3) is 10.9 Å². The number of hydrogen-bond acceptors (Lipinski definition) is 2. The Morgan fingerprint density at radius 2 is 2.00 bits per heavy atom. The average molecular weight is 260 g/mol. The first-order chi connectivity index (χ1) is 9.81. The van der Waals surface area contributed by atoms with E-state index < -0.39 is 0 Å². The topological polar surface area (TPSA) is 45.8 Å². The third-order valence-electron chi connectivity index (χ3n) is 3.38. The molecule has 0 amide bonds. The number of hydrogen-bond donors (Lipinski definition) is 0. The van der Waals surface area contributed by atoms with E-state index in [1.807, 2.05) is 48.7 Å². The summed E-state index contributed by atoms with van der Waals surface area (Å²) in [4.78, 5) is 11.0. The molecule has 0 aliphatic carbocycles. The zero-order valence-corrected chi connectivity index (χ0v) is 10.8. The summed E-state index contributed by atoms with van der Waals surface area (Å²) >= 11 is 0. The first kappa shape index (κ1) is 12.2. The second kappa shape index (κ2) is 5.02. The largest absolute Gasteiger partial charge is 0.343 e. The fourth-order valence-electron chi connectivity index (χ4n) is 2.42. The van der Waals surface area contributed by atoms with Crippen LogP contribution < -0.4 is 0 Å². The van der Waals surface area contributed by atoms with Gasteiger partial charge in [0.2, 0.25) is 0 Å². The summed E-state index contributed by atoms with van der Waals surface area (Å²) in [6, 6.07) is 17.4. The summed E-state index contributed by atoms with van der Waals surface area (Å²) in [7, 11) is 0. The fourth-order valence-corrected chi connectivity index (χ4v) is 2.42. The zero-order chi connectivity index (χ0) is 13.9. The number of aldehydes is 1. The number of fused-ring (bicyclic) bond motifs is 1. The number of benzene rings is 2. The van der Waals surface area contributed by atoms with Crippen LogP contribution in [0.4, 0.5) is 0 Å². The van der Waals surface area contributed by atoms with Crippen molar-refractivity contribution in [3.63, 3.8) is 0 Å². The first-order valence-electron chi connectivity index (χ1n) is 6.34. The molecule has 20 heavy (non-hydrogen) atoms. The van der Waals surface area contributed by atoms with Gasteiger partial charge in [0, 0.05) is 29.2 Å². The van der Waals surface area contributed by atoms with E-state index in [4.69, 9.17) is 5.26 Å². The fraction of sp³-hybridized carbons (Fsp3) is 0.0588. The van der Waals surface area contributed by atoms with Gasteiger partial charge in [-0.25, -0.2) is 0 Å². The van der Waals surface area contributed by atoms with Crippen molar-refractivity contribution in [2.75, 3.05) is 0 Å². The van der Waals surface area contributed by atoms with Gasteiger partial charge in [0.05, 0.1) is 11.6 Å². The maximum Gasteiger partial charge on any atom is 0.150 e. The van der Waals surface area contributed by atoms with Crippen LogP contribution in [0.2, 0.25) is 0 Å². The second-order valence-corrected chi connectivity index (χ2v) is 4.65.